The van der Waals surface area contributed by atoms with Crippen molar-refractivity contribution < 1.29 is 19.2 Å². The van der Waals surface area contributed by atoms with Crippen molar-refractivity contribution in [2.45, 2.75) is 0 Å². The molecule has 0 atom stereocenters. The van der Waals surface area contributed by atoms with Gasteiger partial charge in [-0.2, -0.15) is 8.97 Å². The van der Waals surface area contributed by atoms with Gasteiger partial charge in [-0.1, -0.05) is 11.6 Å². The van der Waals surface area contributed by atoms with Gasteiger partial charge < -0.3 is 15.2 Å². The van der Waals surface area contributed by atoms with Gasteiger partial charge in [-0.15, -0.1) is 11.3 Å². The Kier molecular flexibility index (Phi) is 5.13. The topological polar surface area (TPSA) is 114 Å². The van der Waals surface area contributed by atoms with Crippen LogP contribution in [0, 0.1) is 10.1 Å². The summed E-state index contributed by atoms with van der Waals surface area (Å²) in [5, 5.41) is 26.1. The first-order chi connectivity index (χ1) is 15.4. The van der Waals surface area contributed by atoms with E-state index in [1.165, 1.54) is 39.7 Å². The average Bonchev–Trinajstić information content (AvgIpc) is 3.07. The third kappa shape index (κ3) is 3.25. The molecule has 0 saturated carbocycles. The zero-order valence-electron chi connectivity index (χ0n) is 17.0. The zero-order chi connectivity index (χ0) is 22.6. The van der Waals surface area contributed by atoms with Crippen LogP contribution in [0.3, 0.4) is 0 Å². The monoisotopic (exact) mass is 476 g/mol. The van der Waals surface area contributed by atoms with Crippen molar-refractivity contribution in [2.24, 2.45) is 0 Å². The molecule has 32 heavy (non-hydrogen) atoms. The summed E-state index contributed by atoms with van der Waals surface area (Å²) >= 11 is 7.61. The number of fused-ring (bicyclic) bond motifs is 2. The van der Waals surface area contributed by atoms with E-state index in [2.05, 4.69) is 5.32 Å². The number of piperazine rings is 1. The van der Waals surface area contributed by atoms with Gasteiger partial charge in [-0.3, -0.25) is 15.0 Å². The van der Waals surface area contributed by atoms with Crippen molar-refractivity contribution in [1.29, 1.82) is 0 Å². The molecule has 12 heteroatoms. The van der Waals surface area contributed by atoms with Gasteiger partial charge in [0.05, 0.1) is 28.3 Å². The third-order valence-electron chi connectivity index (χ3n) is 5.61. The summed E-state index contributed by atoms with van der Waals surface area (Å²) in [5.74, 6) is 0.745. The molecule has 166 valence electrons. The van der Waals surface area contributed by atoms with Gasteiger partial charge in [-0.25, -0.2) is 4.79 Å². The van der Waals surface area contributed by atoms with Crippen molar-refractivity contribution in [3.05, 3.63) is 55.2 Å². The Labute approximate surface area is 190 Å². The molecule has 1 aromatic carbocycles. The Morgan fingerprint density at radius 2 is 2.09 bits per heavy atom. The largest absolute Gasteiger partial charge is 0.506 e. The first-order valence-corrected chi connectivity index (χ1v) is 11.1. The number of benzene rings is 1. The predicted octanol–water partition coefficient (Wildman–Crippen LogP) is 1.09. The molecule has 1 aromatic heterocycles. The minimum atomic E-state index is -0.513. The van der Waals surface area contributed by atoms with E-state index in [-0.39, 0.29) is 23.3 Å². The summed E-state index contributed by atoms with van der Waals surface area (Å²) in [6.07, 6.45) is 1.27. The van der Waals surface area contributed by atoms with Crippen LogP contribution >= 0.6 is 22.9 Å². The molecule has 2 N–H and O–H groups in total. The number of nitrogens with zero attached hydrogens (tertiary/aromatic N) is 4. The van der Waals surface area contributed by atoms with E-state index in [9.17, 15) is 20.0 Å². The van der Waals surface area contributed by atoms with Gasteiger partial charge in [-0.05, 0) is 0 Å². The molecule has 1 saturated heterocycles. The number of methoxy groups -OCH3 is 1. The fraction of sp³-hybridized carbons (Fsp3) is 0.300. The van der Waals surface area contributed by atoms with Gasteiger partial charge in [0.15, 0.2) is 17.5 Å². The number of aliphatic hydroxyl groups is 1. The van der Waals surface area contributed by atoms with Gasteiger partial charge in [0.1, 0.15) is 10.4 Å². The van der Waals surface area contributed by atoms with Crippen LogP contribution in [0.4, 0.5) is 5.69 Å². The van der Waals surface area contributed by atoms with E-state index in [0.717, 1.165) is 26.2 Å². The molecule has 3 aliphatic heterocycles. The number of nitro groups is 1. The molecule has 0 aliphatic carbocycles. The second-order valence-electron chi connectivity index (χ2n) is 7.53. The van der Waals surface area contributed by atoms with Crippen molar-refractivity contribution >= 4 is 49.3 Å². The molecule has 4 heterocycles. The molecule has 10 nitrogen and oxygen atoms in total. The van der Waals surface area contributed by atoms with E-state index in [1.54, 1.807) is 12.1 Å². The molecule has 0 radical (unpaired) electrons. The smallest absolute Gasteiger partial charge is 0.390 e. The van der Waals surface area contributed by atoms with Crippen LogP contribution in [0.2, 0.25) is 5.02 Å². The minimum Gasteiger partial charge on any atom is -0.506 e. The first kappa shape index (κ1) is 20.9. The fourth-order valence-electron chi connectivity index (χ4n) is 4.11. The second kappa shape index (κ2) is 7.85. The highest BCUT2D eigenvalue weighted by Crippen LogP contribution is 2.36. The van der Waals surface area contributed by atoms with Crippen molar-refractivity contribution in [2.75, 3.05) is 39.8 Å². The molecule has 1 fully saturated rings. The van der Waals surface area contributed by atoms with Crippen molar-refractivity contribution in [3.63, 3.8) is 0 Å². The predicted molar refractivity (Wildman–Crippen MR) is 121 cm³/mol. The Morgan fingerprint density at radius 3 is 2.78 bits per heavy atom. The number of ether oxygens (including phenoxy) is 1. The summed E-state index contributed by atoms with van der Waals surface area (Å²) in [4.78, 5) is 26.7. The van der Waals surface area contributed by atoms with Crippen LogP contribution in [-0.4, -0.2) is 59.3 Å². The molecule has 0 amide bonds. The summed E-state index contributed by atoms with van der Waals surface area (Å²) in [7, 11) is 1.49. The SMILES string of the molecule is COc1cc2sc3cc([N+](=O)[O-])c[n+]4c3-n(c(=O)/c4=C(\O)CN3CCNCC3)c2cc1Cl. The van der Waals surface area contributed by atoms with Gasteiger partial charge in [0.25, 0.3) is 5.35 Å². The van der Waals surface area contributed by atoms with E-state index in [4.69, 9.17) is 16.3 Å². The van der Waals surface area contributed by atoms with Crippen LogP contribution in [0.15, 0.2) is 29.2 Å². The molecule has 0 unspecified atom stereocenters. The van der Waals surface area contributed by atoms with Crippen molar-refractivity contribution in [3.8, 4) is 11.6 Å². The third-order valence-corrected chi connectivity index (χ3v) is 6.97. The van der Waals surface area contributed by atoms with Crippen LogP contribution in [0.5, 0.6) is 5.75 Å². The zero-order valence-corrected chi connectivity index (χ0v) is 18.6. The lowest BCUT2D eigenvalue weighted by molar-refractivity contribution is -0.549. The Hall–Kier alpha value is -2.99. The van der Waals surface area contributed by atoms with Crippen LogP contribution < -0.4 is 25.4 Å². The maximum Gasteiger partial charge on any atom is 0.390 e. The van der Waals surface area contributed by atoms with Crippen LogP contribution in [0.1, 0.15) is 0 Å². The first-order valence-electron chi connectivity index (χ1n) is 9.88. The number of imidazole rings is 1. The van der Waals surface area contributed by atoms with E-state index in [1.807, 2.05) is 4.90 Å². The molecular weight excluding hydrogens is 458 g/mol. The molecular formula is C20H19ClN5O5S+. The number of hydrogen-bond donors (Lipinski definition) is 2. The number of nitrogens with one attached hydrogen (secondary N) is 1. The molecule has 0 spiro atoms. The van der Waals surface area contributed by atoms with Crippen LogP contribution in [0.25, 0.3) is 26.5 Å². The summed E-state index contributed by atoms with van der Waals surface area (Å²) in [6, 6.07) is 4.76. The molecule has 5 rings (SSSR count). The fourth-order valence-corrected chi connectivity index (χ4v) is 5.47. The highest BCUT2D eigenvalue weighted by molar-refractivity contribution is 7.24. The Balaban J connectivity index is 1.89. The van der Waals surface area contributed by atoms with E-state index >= 15 is 0 Å². The average molecular weight is 477 g/mol. The highest BCUT2D eigenvalue weighted by atomic mass is 35.5. The number of rotatable bonds is 4. The summed E-state index contributed by atoms with van der Waals surface area (Å²) in [5.41, 5.74) is -0.115. The quantitative estimate of drug-likeness (QED) is 0.196. The maximum absolute atomic E-state index is 13.6. The van der Waals surface area contributed by atoms with Crippen molar-refractivity contribution in [1.82, 2.24) is 14.8 Å². The minimum absolute atomic E-state index is 0.00359. The number of pyridine rings is 1. The van der Waals surface area contributed by atoms with Gasteiger partial charge >= 0.3 is 17.1 Å². The number of halogens is 1. The molecule has 2 aromatic rings. The van der Waals surface area contributed by atoms with E-state index < -0.39 is 10.5 Å². The lowest BCUT2D eigenvalue weighted by Crippen LogP contribution is -2.49. The summed E-state index contributed by atoms with van der Waals surface area (Å²) in [6.45, 7) is 3.19. The normalized spacial score (nSPS) is 16.2. The lowest BCUT2D eigenvalue weighted by atomic mass is 10.3. The maximum atomic E-state index is 13.6. The Bertz CT molecular complexity index is 1460. The lowest BCUT2D eigenvalue weighted by Gasteiger charge is -2.26. The number of aliphatic hydroxyl groups excluding tert-OH is 1. The second-order valence-corrected chi connectivity index (χ2v) is 9.02. The van der Waals surface area contributed by atoms with E-state index in [0.29, 0.717) is 31.5 Å². The standard InChI is InChI=1S/C20H18ClN5O5S/c1-31-15-8-16-13(7-12(15)21)25-19-17(32-16)6-11(26(29)30)9-24(19)18(20(25)28)14(27)10-23-4-2-22-3-5-23/h6-9,22H,2-5,10H2,1H3/p+1. The Morgan fingerprint density at radius 1 is 1.34 bits per heavy atom. The number of hydrogen-bond acceptors (Lipinski definition) is 8. The van der Waals surface area contributed by atoms with Gasteiger partial charge in [0.2, 0.25) is 0 Å². The van der Waals surface area contributed by atoms with Gasteiger partial charge in [0, 0.05) is 44.4 Å². The molecule has 3 aliphatic rings. The molecule has 0 bridgehead atoms. The summed E-state index contributed by atoms with van der Waals surface area (Å²) < 4.78 is 9.34. The highest BCUT2D eigenvalue weighted by Gasteiger charge is 2.33. The number of aromatic nitrogens is 2. The van der Waals surface area contributed by atoms with Crippen LogP contribution in [-0.2, 0) is 0 Å².